The van der Waals surface area contributed by atoms with Gasteiger partial charge in [0.15, 0.2) is 0 Å². The Labute approximate surface area is 157 Å². The first-order valence-corrected chi connectivity index (χ1v) is 8.83. The van der Waals surface area contributed by atoms with Gasteiger partial charge in [-0.2, -0.15) is 0 Å². The van der Waals surface area contributed by atoms with E-state index in [9.17, 15) is 9.59 Å². The van der Waals surface area contributed by atoms with Crippen molar-refractivity contribution >= 4 is 11.9 Å². The van der Waals surface area contributed by atoms with Gasteiger partial charge in [0.2, 0.25) is 0 Å². The van der Waals surface area contributed by atoms with Gasteiger partial charge in [-0.1, -0.05) is 0 Å². The van der Waals surface area contributed by atoms with Gasteiger partial charge in [-0.25, -0.2) is 9.78 Å². The highest BCUT2D eigenvalue weighted by molar-refractivity contribution is 5.94. The highest BCUT2D eigenvalue weighted by Gasteiger charge is 2.22. The molecule has 1 aromatic carbocycles. The maximum absolute atomic E-state index is 12.4. The van der Waals surface area contributed by atoms with Gasteiger partial charge in [0.25, 0.3) is 5.91 Å². The van der Waals surface area contributed by atoms with E-state index in [0.717, 1.165) is 29.0 Å². The number of nitrogens with zero attached hydrogens (tertiary/aromatic N) is 1. The SMILES string of the molecule is CCOc1cc2c(cc1CNC(=O)c1ccc(C(=O)O)c(C)n1)OC(C)C2. The number of nitrogens with one attached hydrogen (secondary N) is 1. The molecule has 0 saturated heterocycles. The fourth-order valence-corrected chi connectivity index (χ4v) is 3.09. The summed E-state index contributed by atoms with van der Waals surface area (Å²) in [5.74, 6) is 0.0857. The van der Waals surface area contributed by atoms with Crippen LogP contribution in [0.3, 0.4) is 0 Å². The third-order valence-electron chi connectivity index (χ3n) is 4.37. The van der Waals surface area contributed by atoms with Gasteiger partial charge in [-0.15, -0.1) is 0 Å². The molecule has 0 saturated carbocycles. The van der Waals surface area contributed by atoms with Crippen LogP contribution in [0.4, 0.5) is 0 Å². The lowest BCUT2D eigenvalue weighted by atomic mass is 10.1. The van der Waals surface area contributed by atoms with E-state index in [1.54, 1.807) is 6.92 Å². The van der Waals surface area contributed by atoms with Crippen LogP contribution in [0.25, 0.3) is 0 Å². The van der Waals surface area contributed by atoms with Gasteiger partial charge < -0.3 is 19.9 Å². The molecule has 1 aliphatic heterocycles. The number of ether oxygens (including phenoxy) is 2. The molecule has 2 aromatic rings. The molecule has 2 heterocycles. The summed E-state index contributed by atoms with van der Waals surface area (Å²) < 4.78 is 11.5. The highest BCUT2D eigenvalue weighted by Crippen LogP contribution is 2.35. The van der Waals surface area contributed by atoms with Crippen LogP contribution in [0.15, 0.2) is 24.3 Å². The van der Waals surface area contributed by atoms with E-state index in [1.165, 1.54) is 12.1 Å². The summed E-state index contributed by atoms with van der Waals surface area (Å²) in [5.41, 5.74) is 2.46. The van der Waals surface area contributed by atoms with Crippen LogP contribution >= 0.6 is 0 Å². The van der Waals surface area contributed by atoms with Crippen molar-refractivity contribution in [3.63, 3.8) is 0 Å². The van der Waals surface area contributed by atoms with E-state index in [0.29, 0.717) is 12.3 Å². The molecule has 0 radical (unpaired) electrons. The summed E-state index contributed by atoms with van der Waals surface area (Å²) >= 11 is 0. The molecule has 142 valence electrons. The Hall–Kier alpha value is -3.09. The number of carboxylic acids is 1. The molecule has 27 heavy (non-hydrogen) atoms. The van der Waals surface area contributed by atoms with Crippen molar-refractivity contribution in [2.75, 3.05) is 6.61 Å². The van der Waals surface area contributed by atoms with Crippen molar-refractivity contribution in [1.29, 1.82) is 0 Å². The lowest BCUT2D eigenvalue weighted by molar-refractivity contribution is 0.0694. The minimum absolute atomic E-state index is 0.0788. The molecule has 7 heteroatoms. The van der Waals surface area contributed by atoms with Crippen LogP contribution in [0.5, 0.6) is 11.5 Å². The molecule has 0 aliphatic carbocycles. The highest BCUT2D eigenvalue weighted by atomic mass is 16.5. The van der Waals surface area contributed by atoms with Gasteiger partial charge in [0.05, 0.1) is 17.9 Å². The smallest absolute Gasteiger partial charge is 0.337 e. The lowest BCUT2D eigenvalue weighted by Gasteiger charge is -2.13. The second-order valence-corrected chi connectivity index (χ2v) is 6.45. The van der Waals surface area contributed by atoms with Gasteiger partial charge >= 0.3 is 5.97 Å². The number of carbonyl (C=O) groups excluding carboxylic acids is 1. The standard InChI is InChI=1S/C20H22N2O5/c1-4-26-17-8-13-7-11(2)27-18(13)9-14(17)10-21-19(23)16-6-5-15(20(24)25)12(3)22-16/h5-6,8-9,11H,4,7,10H2,1-3H3,(H,21,23)(H,24,25). The molecule has 1 unspecified atom stereocenters. The van der Waals surface area contributed by atoms with Crippen molar-refractivity contribution in [2.45, 2.75) is 39.8 Å². The third-order valence-corrected chi connectivity index (χ3v) is 4.37. The summed E-state index contributed by atoms with van der Waals surface area (Å²) in [6.07, 6.45) is 0.959. The minimum atomic E-state index is -1.07. The first-order chi connectivity index (χ1) is 12.9. The summed E-state index contributed by atoms with van der Waals surface area (Å²) in [6, 6.07) is 6.66. The molecule has 2 N–H and O–H groups in total. The number of fused-ring (bicyclic) bond motifs is 1. The maximum Gasteiger partial charge on any atom is 0.337 e. The number of aryl methyl sites for hydroxylation is 1. The molecule has 1 amide bonds. The number of carbonyl (C=O) groups is 2. The minimum Gasteiger partial charge on any atom is -0.494 e. The Morgan fingerprint density at radius 2 is 2.15 bits per heavy atom. The molecule has 0 spiro atoms. The predicted molar refractivity (Wildman–Crippen MR) is 98.5 cm³/mol. The van der Waals surface area contributed by atoms with E-state index in [4.69, 9.17) is 14.6 Å². The zero-order chi connectivity index (χ0) is 19.6. The zero-order valence-electron chi connectivity index (χ0n) is 15.5. The van der Waals surface area contributed by atoms with Crippen LogP contribution in [0, 0.1) is 6.92 Å². The molecule has 1 aromatic heterocycles. The quantitative estimate of drug-likeness (QED) is 0.811. The van der Waals surface area contributed by atoms with Crippen LogP contribution < -0.4 is 14.8 Å². The fourth-order valence-electron chi connectivity index (χ4n) is 3.09. The normalized spacial score (nSPS) is 15.0. The first-order valence-electron chi connectivity index (χ1n) is 8.83. The Bertz CT molecular complexity index is 894. The van der Waals surface area contributed by atoms with Crippen molar-refractivity contribution < 1.29 is 24.2 Å². The molecule has 1 aliphatic rings. The average Bonchev–Trinajstić information content (AvgIpc) is 2.98. The lowest BCUT2D eigenvalue weighted by Crippen LogP contribution is -2.24. The molecule has 0 bridgehead atoms. The van der Waals surface area contributed by atoms with Crippen molar-refractivity contribution in [1.82, 2.24) is 10.3 Å². The zero-order valence-corrected chi connectivity index (χ0v) is 15.5. The second-order valence-electron chi connectivity index (χ2n) is 6.45. The topological polar surface area (TPSA) is 97.8 Å². The summed E-state index contributed by atoms with van der Waals surface area (Å²) in [7, 11) is 0. The number of aromatic nitrogens is 1. The Morgan fingerprint density at radius 1 is 1.37 bits per heavy atom. The van der Waals surface area contributed by atoms with E-state index >= 15 is 0 Å². The van der Waals surface area contributed by atoms with Gasteiger partial charge in [-0.05, 0) is 45.0 Å². The van der Waals surface area contributed by atoms with Crippen LogP contribution in [0.1, 0.15) is 51.5 Å². The van der Waals surface area contributed by atoms with Crippen LogP contribution in [-0.2, 0) is 13.0 Å². The molecule has 3 rings (SSSR count). The predicted octanol–water partition coefficient (Wildman–Crippen LogP) is 2.74. The number of benzene rings is 1. The molecular weight excluding hydrogens is 348 g/mol. The van der Waals surface area contributed by atoms with Gasteiger partial charge in [0.1, 0.15) is 23.3 Å². The van der Waals surface area contributed by atoms with E-state index in [2.05, 4.69) is 10.3 Å². The molecule has 0 fully saturated rings. The number of aromatic carboxylic acids is 1. The van der Waals surface area contributed by atoms with Gasteiger partial charge in [0, 0.05) is 24.1 Å². The monoisotopic (exact) mass is 370 g/mol. The molecule has 1 atom stereocenters. The number of pyridine rings is 1. The third kappa shape index (κ3) is 4.02. The number of carboxylic acid groups (broad SMARTS) is 1. The van der Waals surface area contributed by atoms with Crippen molar-refractivity contribution in [3.05, 3.63) is 52.3 Å². The number of rotatable bonds is 6. The first kappa shape index (κ1) is 18.7. The van der Waals surface area contributed by atoms with Gasteiger partial charge in [-0.3, -0.25) is 4.79 Å². The average molecular weight is 370 g/mol. The second kappa shape index (κ2) is 7.65. The van der Waals surface area contributed by atoms with Crippen LogP contribution in [-0.4, -0.2) is 34.7 Å². The Balaban J connectivity index is 1.76. The Morgan fingerprint density at radius 3 is 2.81 bits per heavy atom. The number of amides is 1. The van der Waals surface area contributed by atoms with Crippen molar-refractivity contribution in [3.8, 4) is 11.5 Å². The molecular formula is C20H22N2O5. The Kier molecular flexibility index (Phi) is 5.30. The summed E-state index contributed by atoms with van der Waals surface area (Å²) in [4.78, 5) is 27.6. The largest absolute Gasteiger partial charge is 0.494 e. The molecule has 7 nitrogen and oxygen atoms in total. The maximum atomic E-state index is 12.4. The van der Waals surface area contributed by atoms with E-state index in [1.807, 2.05) is 26.0 Å². The fraction of sp³-hybridized carbons (Fsp3) is 0.350. The summed E-state index contributed by atoms with van der Waals surface area (Å²) in [5, 5.41) is 11.9. The number of hydrogen-bond acceptors (Lipinski definition) is 5. The summed E-state index contributed by atoms with van der Waals surface area (Å²) in [6.45, 7) is 6.25. The van der Waals surface area contributed by atoms with Crippen molar-refractivity contribution in [2.24, 2.45) is 0 Å². The number of hydrogen-bond donors (Lipinski definition) is 2. The van der Waals surface area contributed by atoms with E-state index in [-0.39, 0.29) is 29.8 Å². The van der Waals surface area contributed by atoms with Crippen LogP contribution in [0.2, 0.25) is 0 Å². The van der Waals surface area contributed by atoms with E-state index < -0.39 is 5.97 Å².